The molecule has 1 saturated heterocycles. The van der Waals surface area contributed by atoms with E-state index in [0.717, 1.165) is 38.3 Å². The van der Waals surface area contributed by atoms with Gasteiger partial charge in [0.05, 0.1) is 0 Å². The van der Waals surface area contributed by atoms with E-state index in [1.807, 2.05) is 6.92 Å². The first-order valence-electron chi connectivity index (χ1n) is 13.4. The molecule has 36 heavy (non-hydrogen) atoms. The Kier molecular flexibility index (Phi) is 7.35. The lowest BCUT2D eigenvalue weighted by Gasteiger charge is -2.40. The van der Waals surface area contributed by atoms with E-state index < -0.39 is 0 Å². The van der Waals surface area contributed by atoms with Crippen molar-refractivity contribution < 1.29 is 4.74 Å². The van der Waals surface area contributed by atoms with Crippen molar-refractivity contribution in [2.45, 2.75) is 57.6 Å². The molecule has 1 fully saturated rings. The number of para-hydroxylation sites is 1. The molecule has 3 aromatic carbocycles. The molecule has 3 heteroatoms. The molecule has 0 amide bonds. The Morgan fingerprint density at radius 3 is 2.31 bits per heavy atom. The van der Waals surface area contributed by atoms with Crippen LogP contribution >= 0.6 is 0 Å². The van der Waals surface area contributed by atoms with Crippen molar-refractivity contribution in [3.05, 3.63) is 95.1 Å². The molecule has 0 radical (unpaired) electrons. The Morgan fingerprint density at radius 2 is 1.61 bits per heavy atom. The highest BCUT2D eigenvalue weighted by molar-refractivity contribution is 5.62. The van der Waals surface area contributed by atoms with Crippen LogP contribution in [0.2, 0.25) is 0 Å². The minimum Gasteiger partial charge on any atom is -0.489 e. The van der Waals surface area contributed by atoms with E-state index in [0.29, 0.717) is 17.9 Å². The third kappa shape index (κ3) is 5.15. The van der Waals surface area contributed by atoms with Gasteiger partial charge in [-0.2, -0.15) is 0 Å². The Morgan fingerprint density at radius 1 is 0.917 bits per heavy atom. The average molecular weight is 479 g/mol. The zero-order chi connectivity index (χ0) is 25.0. The monoisotopic (exact) mass is 478 g/mol. The second-order valence-corrected chi connectivity index (χ2v) is 10.5. The van der Waals surface area contributed by atoms with E-state index >= 15 is 0 Å². The fraction of sp³-hybridized carbons (Fsp3) is 0.394. The SMILES string of the molecule is CC#CC(CC)c1ccc(OCc2ccc(CN3CCC4(CC3)CN(C)c3ccccc34)cc2)cc1. The van der Waals surface area contributed by atoms with Crippen LogP contribution < -0.4 is 9.64 Å². The average Bonchev–Trinajstić information content (AvgIpc) is 3.20. The first-order chi connectivity index (χ1) is 17.6. The van der Waals surface area contributed by atoms with Crippen molar-refractivity contribution in [1.29, 1.82) is 0 Å². The maximum absolute atomic E-state index is 6.05. The van der Waals surface area contributed by atoms with E-state index in [9.17, 15) is 0 Å². The van der Waals surface area contributed by atoms with Gasteiger partial charge in [0, 0.05) is 37.2 Å². The van der Waals surface area contributed by atoms with Crippen LogP contribution in [0.3, 0.4) is 0 Å². The Hall–Kier alpha value is -3.22. The van der Waals surface area contributed by atoms with Crippen LogP contribution in [0.25, 0.3) is 0 Å². The number of anilines is 1. The van der Waals surface area contributed by atoms with Crippen molar-refractivity contribution in [3.8, 4) is 17.6 Å². The first kappa shape index (κ1) is 24.5. The van der Waals surface area contributed by atoms with Gasteiger partial charge in [-0.25, -0.2) is 0 Å². The van der Waals surface area contributed by atoms with Crippen molar-refractivity contribution >= 4 is 5.69 Å². The minimum absolute atomic E-state index is 0.303. The smallest absolute Gasteiger partial charge is 0.119 e. The highest BCUT2D eigenvalue weighted by Gasteiger charge is 2.43. The Labute approximate surface area is 217 Å². The number of rotatable bonds is 7. The fourth-order valence-corrected chi connectivity index (χ4v) is 6.00. The van der Waals surface area contributed by atoms with Gasteiger partial charge in [0.15, 0.2) is 0 Å². The number of likely N-dealkylation sites (N-methyl/N-ethyl adjacent to an activating group) is 1. The largest absolute Gasteiger partial charge is 0.489 e. The molecule has 2 heterocycles. The quantitative estimate of drug-likeness (QED) is 0.349. The molecule has 3 aromatic rings. The van der Waals surface area contributed by atoms with Crippen molar-refractivity contribution in [3.63, 3.8) is 0 Å². The molecule has 1 atom stereocenters. The number of ether oxygens (including phenoxy) is 1. The summed E-state index contributed by atoms with van der Waals surface area (Å²) in [5.41, 5.74) is 7.17. The molecule has 0 aliphatic carbocycles. The Balaban J connectivity index is 1.12. The van der Waals surface area contributed by atoms with Crippen LogP contribution in [-0.2, 0) is 18.6 Å². The summed E-state index contributed by atoms with van der Waals surface area (Å²) < 4.78 is 6.05. The second kappa shape index (κ2) is 10.8. The predicted octanol–water partition coefficient (Wildman–Crippen LogP) is 6.77. The molecular weight excluding hydrogens is 440 g/mol. The van der Waals surface area contributed by atoms with Crippen molar-refractivity contribution in [1.82, 2.24) is 4.90 Å². The second-order valence-electron chi connectivity index (χ2n) is 10.5. The van der Waals surface area contributed by atoms with Gasteiger partial charge in [0.1, 0.15) is 12.4 Å². The van der Waals surface area contributed by atoms with E-state index in [1.165, 1.54) is 35.2 Å². The van der Waals surface area contributed by atoms with E-state index in [-0.39, 0.29) is 0 Å². The lowest BCUT2D eigenvalue weighted by atomic mass is 9.74. The summed E-state index contributed by atoms with van der Waals surface area (Å²) in [6, 6.07) is 26.4. The lowest BCUT2D eigenvalue weighted by Crippen LogP contribution is -2.44. The number of nitrogens with zero attached hydrogens (tertiary/aromatic N) is 2. The molecule has 0 aromatic heterocycles. The third-order valence-corrected chi connectivity index (χ3v) is 8.08. The highest BCUT2D eigenvalue weighted by atomic mass is 16.5. The minimum atomic E-state index is 0.303. The molecule has 0 bridgehead atoms. The molecule has 5 rings (SSSR count). The fourth-order valence-electron chi connectivity index (χ4n) is 6.00. The number of hydrogen-bond donors (Lipinski definition) is 0. The van der Waals surface area contributed by atoms with Crippen molar-refractivity contribution in [2.75, 3.05) is 31.6 Å². The number of likely N-dealkylation sites (tertiary alicyclic amines) is 1. The van der Waals surface area contributed by atoms with E-state index in [2.05, 4.69) is 108 Å². The van der Waals surface area contributed by atoms with Crippen LogP contribution in [0.5, 0.6) is 5.75 Å². The zero-order valence-corrected chi connectivity index (χ0v) is 22.0. The van der Waals surface area contributed by atoms with Crippen LogP contribution in [0.1, 0.15) is 61.3 Å². The number of hydrogen-bond acceptors (Lipinski definition) is 3. The molecule has 186 valence electrons. The maximum Gasteiger partial charge on any atom is 0.119 e. The molecule has 2 aliphatic heterocycles. The standard InChI is InChI=1S/C33H38N2O/c1-4-8-28(5-2)29-15-17-30(18-16-29)36-24-27-13-11-26(12-14-27)23-35-21-19-33(20-22-35)25-34(3)32-10-7-6-9-31(32)33/h6-7,9-18,28H,5,19-25H2,1-3H3. The van der Waals surface area contributed by atoms with Gasteiger partial charge in [-0.1, -0.05) is 67.4 Å². The summed E-state index contributed by atoms with van der Waals surface area (Å²) in [6.07, 6.45) is 3.50. The maximum atomic E-state index is 6.05. The summed E-state index contributed by atoms with van der Waals surface area (Å²) in [5.74, 6) is 7.53. The van der Waals surface area contributed by atoms with E-state index in [4.69, 9.17) is 4.74 Å². The number of benzene rings is 3. The molecular formula is C33H38N2O. The van der Waals surface area contributed by atoms with Crippen LogP contribution in [0, 0.1) is 11.8 Å². The van der Waals surface area contributed by atoms with Gasteiger partial charge in [-0.05, 0) is 79.7 Å². The zero-order valence-electron chi connectivity index (χ0n) is 22.0. The first-order valence-corrected chi connectivity index (χ1v) is 13.4. The number of piperidine rings is 1. The summed E-state index contributed by atoms with van der Waals surface area (Å²) >= 11 is 0. The van der Waals surface area contributed by atoms with Gasteiger partial charge in [-0.3, -0.25) is 4.90 Å². The highest BCUT2D eigenvalue weighted by Crippen LogP contribution is 2.46. The summed E-state index contributed by atoms with van der Waals surface area (Å²) in [4.78, 5) is 5.06. The third-order valence-electron chi connectivity index (χ3n) is 8.08. The molecule has 3 nitrogen and oxygen atoms in total. The van der Waals surface area contributed by atoms with E-state index in [1.54, 1.807) is 5.56 Å². The molecule has 1 unspecified atom stereocenters. The Bertz CT molecular complexity index is 1210. The van der Waals surface area contributed by atoms with Gasteiger partial charge in [0.2, 0.25) is 0 Å². The van der Waals surface area contributed by atoms with Crippen LogP contribution in [-0.4, -0.2) is 31.6 Å². The summed E-state index contributed by atoms with van der Waals surface area (Å²) in [6.45, 7) is 9.17. The van der Waals surface area contributed by atoms with Gasteiger partial charge in [-0.15, -0.1) is 5.92 Å². The predicted molar refractivity (Wildman–Crippen MR) is 150 cm³/mol. The van der Waals surface area contributed by atoms with Crippen LogP contribution in [0.15, 0.2) is 72.8 Å². The molecule has 0 saturated carbocycles. The van der Waals surface area contributed by atoms with Crippen LogP contribution in [0.4, 0.5) is 5.69 Å². The topological polar surface area (TPSA) is 15.7 Å². The molecule has 0 N–H and O–H groups in total. The summed E-state index contributed by atoms with van der Waals surface area (Å²) in [7, 11) is 2.24. The van der Waals surface area contributed by atoms with Gasteiger partial charge >= 0.3 is 0 Å². The number of fused-ring (bicyclic) bond motifs is 2. The molecule has 1 spiro atoms. The lowest BCUT2D eigenvalue weighted by molar-refractivity contribution is 0.160. The van der Waals surface area contributed by atoms with Gasteiger partial charge < -0.3 is 9.64 Å². The normalized spacial score (nSPS) is 17.4. The van der Waals surface area contributed by atoms with Gasteiger partial charge in [0.25, 0.3) is 0 Å². The molecule has 2 aliphatic rings. The van der Waals surface area contributed by atoms with Crippen molar-refractivity contribution in [2.24, 2.45) is 0 Å². The summed E-state index contributed by atoms with van der Waals surface area (Å²) in [5, 5.41) is 0.